The van der Waals surface area contributed by atoms with Gasteiger partial charge in [0, 0.05) is 5.92 Å². The predicted octanol–water partition coefficient (Wildman–Crippen LogP) is 3.11. The fraction of sp³-hybridized carbons (Fsp3) is 0.385. The van der Waals surface area contributed by atoms with Gasteiger partial charge in [-0.3, -0.25) is 0 Å². The highest BCUT2D eigenvalue weighted by molar-refractivity contribution is 5.49. The molecule has 1 nitrogen and oxygen atoms in total. The van der Waals surface area contributed by atoms with Gasteiger partial charge >= 0.3 is 0 Å². The van der Waals surface area contributed by atoms with Crippen LogP contribution in [0.4, 0.5) is 0 Å². The molecule has 0 amide bonds. The topological polar surface area (TPSA) is 20.2 Å². The van der Waals surface area contributed by atoms with E-state index >= 15 is 0 Å². The first-order valence-corrected chi connectivity index (χ1v) is 4.96. The molecule has 1 rings (SSSR count). The first kappa shape index (κ1) is 11.0. The van der Waals surface area contributed by atoms with E-state index in [1.165, 1.54) is 5.56 Å². The van der Waals surface area contributed by atoms with Crippen molar-refractivity contribution in [3.05, 3.63) is 42.0 Å². The maximum Gasteiger partial charge on any atom is 0.0651 e. The second-order valence-corrected chi connectivity index (χ2v) is 4.21. The Kier molecular flexibility index (Phi) is 3.48. The van der Waals surface area contributed by atoms with Gasteiger partial charge in [-0.25, -0.2) is 0 Å². The fourth-order valence-electron chi connectivity index (χ4n) is 1.06. The molecular weight excluding hydrogens is 172 g/mol. The maximum atomic E-state index is 9.71. The average molecular weight is 190 g/mol. The molecule has 0 aliphatic heterocycles. The summed E-state index contributed by atoms with van der Waals surface area (Å²) in [5, 5.41) is 9.71. The highest BCUT2D eigenvalue weighted by atomic mass is 16.3. The van der Waals surface area contributed by atoms with Crippen LogP contribution >= 0.6 is 0 Å². The summed E-state index contributed by atoms with van der Waals surface area (Å²) in [7, 11) is 0. The smallest absolute Gasteiger partial charge is 0.0651 e. The lowest BCUT2D eigenvalue weighted by molar-refractivity contribution is 0.0444. The molecule has 0 fully saturated rings. The molecule has 0 saturated carbocycles. The molecule has 0 unspecified atom stereocenters. The minimum atomic E-state index is -0.648. The molecular formula is C13H18O. The van der Waals surface area contributed by atoms with Crippen LogP contribution in [0, 0.1) is 5.92 Å². The third kappa shape index (κ3) is 3.35. The zero-order chi connectivity index (χ0) is 10.6. The van der Waals surface area contributed by atoms with E-state index < -0.39 is 5.60 Å². The van der Waals surface area contributed by atoms with Crippen molar-refractivity contribution in [1.29, 1.82) is 0 Å². The highest BCUT2D eigenvalue weighted by Gasteiger charge is 2.18. The number of benzene rings is 1. The van der Waals surface area contributed by atoms with Crippen LogP contribution in [0.15, 0.2) is 36.4 Å². The summed E-state index contributed by atoms with van der Waals surface area (Å²) < 4.78 is 0. The third-order valence-electron chi connectivity index (χ3n) is 2.49. The summed E-state index contributed by atoms with van der Waals surface area (Å²) in [5.74, 6) is 0.155. The summed E-state index contributed by atoms with van der Waals surface area (Å²) >= 11 is 0. The van der Waals surface area contributed by atoms with Crippen molar-refractivity contribution in [2.75, 3.05) is 0 Å². The molecule has 0 bridgehead atoms. The van der Waals surface area contributed by atoms with Crippen LogP contribution in [0.2, 0.25) is 0 Å². The van der Waals surface area contributed by atoms with Crippen LogP contribution < -0.4 is 0 Å². The summed E-state index contributed by atoms with van der Waals surface area (Å²) in [4.78, 5) is 0. The van der Waals surface area contributed by atoms with Gasteiger partial charge in [-0.05, 0) is 19.4 Å². The first-order valence-electron chi connectivity index (χ1n) is 4.96. The van der Waals surface area contributed by atoms with E-state index in [0.29, 0.717) is 0 Å². The van der Waals surface area contributed by atoms with Crippen molar-refractivity contribution in [2.45, 2.75) is 26.4 Å². The summed E-state index contributed by atoms with van der Waals surface area (Å²) in [5.41, 5.74) is 0.522. The summed E-state index contributed by atoms with van der Waals surface area (Å²) in [6.07, 6.45) is 4.08. The molecule has 0 radical (unpaired) electrons. The molecule has 1 N–H and O–H groups in total. The van der Waals surface area contributed by atoms with Crippen molar-refractivity contribution < 1.29 is 5.11 Å². The Labute approximate surface area is 86.1 Å². The van der Waals surface area contributed by atoms with Crippen molar-refractivity contribution >= 4 is 6.08 Å². The van der Waals surface area contributed by atoms with E-state index in [1.54, 1.807) is 0 Å². The molecule has 0 aliphatic carbocycles. The Morgan fingerprint density at radius 2 is 1.79 bits per heavy atom. The number of hydrogen-bond acceptors (Lipinski definition) is 1. The molecule has 0 aliphatic rings. The lowest BCUT2D eigenvalue weighted by Crippen LogP contribution is -2.26. The van der Waals surface area contributed by atoms with Crippen molar-refractivity contribution in [2.24, 2.45) is 5.92 Å². The number of aliphatic hydroxyl groups is 1. The normalized spacial score (nSPS) is 14.6. The zero-order valence-electron chi connectivity index (χ0n) is 9.07. The second kappa shape index (κ2) is 4.43. The number of hydrogen-bond donors (Lipinski definition) is 1. The quantitative estimate of drug-likeness (QED) is 0.776. The van der Waals surface area contributed by atoms with Gasteiger partial charge in [0.2, 0.25) is 0 Å². The van der Waals surface area contributed by atoms with Gasteiger partial charge in [-0.15, -0.1) is 0 Å². The maximum absolute atomic E-state index is 9.71. The highest BCUT2D eigenvalue weighted by Crippen LogP contribution is 2.18. The Balaban J connectivity index is 2.66. The van der Waals surface area contributed by atoms with Crippen molar-refractivity contribution in [3.8, 4) is 0 Å². The van der Waals surface area contributed by atoms with Gasteiger partial charge in [-0.2, -0.15) is 0 Å². The monoisotopic (exact) mass is 190 g/mol. The minimum Gasteiger partial charge on any atom is -0.390 e. The van der Waals surface area contributed by atoms with Gasteiger partial charge < -0.3 is 5.11 Å². The summed E-state index contributed by atoms with van der Waals surface area (Å²) in [6, 6.07) is 10.1. The van der Waals surface area contributed by atoms with Gasteiger partial charge in [-0.1, -0.05) is 49.4 Å². The van der Waals surface area contributed by atoms with Crippen molar-refractivity contribution in [1.82, 2.24) is 0 Å². The molecule has 76 valence electrons. The van der Waals surface area contributed by atoms with E-state index in [1.807, 2.05) is 63.3 Å². The largest absolute Gasteiger partial charge is 0.390 e. The lowest BCUT2D eigenvalue weighted by atomic mass is 9.92. The van der Waals surface area contributed by atoms with Crippen molar-refractivity contribution in [3.63, 3.8) is 0 Å². The molecule has 0 saturated heterocycles. The molecule has 1 aromatic carbocycles. The lowest BCUT2D eigenvalue weighted by Gasteiger charge is -2.22. The van der Waals surface area contributed by atoms with Gasteiger partial charge in [0.05, 0.1) is 5.60 Å². The van der Waals surface area contributed by atoms with E-state index in [9.17, 15) is 5.11 Å². The van der Waals surface area contributed by atoms with Gasteiger partial charge in [0.25, 0.3) is 0 Å². The Morgan fingerprint density at radius 1 is 1.21 bits per heavy atom. The molecule has 1 atom stereocenters. The van der Waals surface area contributed by atoms with E-state index in [4.69, 9.17) is 0 Å². The van der Waals surface area contributed by atoms with Crippen LogP contribution in [0.1, 0.15) is 26.3 Å². The van der Waals surface area contributed by atoms with Gasteiger partial charge in [0.1, 0.15) is 0 Å². The Bertz CT molecular complexity index is 293. The zero-order valence-corrected chi connectivity index (χ0v) is 9.07. The minimum absolute atomic E-state index is 0.155. The SMILES string of the molecule is C[C@@H](/C=C/c1ccccc1)C(C)(C)O. The Morgan fingerprint density at radius 3 is 2.29 bits per heavy atom. The van der Waals surface area contributed by atoms with Crippen LogP contribution in [0.25, 0.3) is 6.08 Å². The standard InChI is InChI=1S/C13H18O/c1-11(13(2,3)14)9-10-12-7-5-4-6-8-12/h4-11,14H,1-3H3/b10-9+/t11-/m0/s1. The average Bonchev–Trinajstić information content (AvgIpc) is 2.14. The third-order valence-corrected chi connectivity index (χ3v) is 2.49. The Hall–Kier alpha value is -1.08. The molecule has 1 heteroatoms. The number of rotatable bonds is 3. The van der Waals surface area contributed by atoms with Crippen LogP contribution in [0.5, 0.6) is 0 Å². The van der Waals surface area contributed by atoms with Crippen LogP contribution in [-0.4, -0.2) is 10.7 Å². The predicted molar refractivity (Wildman–Crippen MR) is 60.9 cm³/mol. The van der Waals surface area contributed by atoms with E-state index in [-0.39, 0.29) is 5.92 Å². The molecule has 0 spiro atoms. The first-order chi connectivity index (χ1) is 6.50. The molecule has 0 heterocycles. The van der Waals surface area contributed by atoms with Gasteiger partial charge in [0.15, 0.2) is 0 Å². The van der Waals surface area contributed by atoms with E-state index in [2.05, 4.69) is 0 Å². The molecule has 14 heavy (non-hydrogen) atoms. The summed E-state index contributed by atoms with van der Waals surface area (Å²) in [6.45, 7) is 5.67. The molecule has 1 aromatic rings. The van der Waals surface area contributed by atoms with Crippen LogP contribution in [-0.2, 0) is 0 Å². The molecule has 0 aromatic heterocycles. The van der Waals surface area contributed by atoms with Crippen LogP contribution in [0.3, 0.4) is 0 Å². The fourth-order valence-corrected chi connectivity index (χ4v) is 1.06. The second-order valence-electron chi connectivity index (χ2n) is 4.21. The van der Waals surface area contributed by atoms with E-state index in [0.717, 1.165) is 0 Å².